The zero-order valence-electron chi connectivity index (χ0n) is 12.3. The minimum Gasteiger partial charge on any atom is -0.324 e. The van der Waals surface area contributed by atoms with Crippen molar-refractivity contribution in [2.75, 3.05) is 6.54 Å². The Balaban J connectivity index is 2.14. The highest BCUT2D eigenvalue weighted by molar-refractivity contribution is 6.74. The van der Waals surface area contributed by atoms with Gasteiger partial charge >= 0.3 is 0 Å². The van der Waals surface area contributed by atoms with E-state index >= 15 is 0 Å². The van der Waals surface area contributed by atoms with Crippen molar-refractivity contribution < 1.29 is 4.79 Å². The van der Waals surface area contributed by atoms with Crippen molar-refractivity contribution in [3.05, 3.63) is 0 Å². The summed E-state index contributed by atoms with van der Waals surface area (Å²) in [5.74, 6) is 0.362. The Hall–Kier alpha value is -0.643. The minimum atomic E-state index is -1.34. The fraction of sp³-hybridized carbons (Fsp3) is 0.857. The van der Waals surface area contributed by atoms with Crippen LogP contribution in [-0.4, -0.2) is 30.9 Å². The number of ketones is 1. The van der Waals surface area contributed by atoms with Gasteiger partial charge in [0.15, 0.2) is 8.24 Å². The summed E-state index contributed by atoms with van der Waals surface area (Å²) in [6.07, 6.45) is 4.90. The van der Waals surface area contributed by atoms with E-state index in [1.54, 1.807) is 0 Å². The topological polar surface area (TPSA) is 32.7 Å². The van der Waals surface area contributed by atoms with Crippen LogP contribution in [0.25, 0.3) is 0 Å². The first kappa shape index (κ1) is 13.8. The molecule has 1 saturated carbocycles. The van der Waals surface area contributed by atoms with E-state index in [1.165, 1.54) is 18.9 Å². The Morgan fingerprint density at radius 1 is 1.22 bits per heavy atom. The van der Waals surface area contributed by atoms with Crippen LogP contribution in [0, 0.1) is 5.41 Å². The van der Waals surface area contributed by atoms with Crippen LogP contribution in [0.3, 0.4) is 0 Å². The molecule has 0 aromatic rings. The van der Waals surface area contributed by atoms with Crippen LogP contribution in [0.15, 0.2) is 5.10 Å². The second-order valence-corrected chi connectivity index (χ2v) is 11.9. The summed E-state index contributed by atoms with van der Waals surface area (Å²) < 4.78 is 2.36. The highest BCUT2D eigenvalue weighted by Gasteiger charge is 2.34. The summed E-state index contributed by atoms with van der Waals surface area (Å²) in [5.41, 5.74) is 1.23. The molecule has 0 aromatic carbocycles. The second-order valence-electron chi connectivity index (χ2n) is 7.29. The second kappa shape index (κ2) is 4.80. The van der Waals surface area contributed by atoms with E-state index in [1.807, 2.05) is 0 Å². The summed E-state index contributed by atoms with van der Waals surface area (Å²) in [4.78, 5) is 11.8. The van der Waals surface area contributed by atoms with E-state index in [2.05, 4.69) is 31.6 Å². The van der Waals surface area contributed by atoms with Crippen LogP contribution in [-0.2, 0) is 4.79 Å². The molecule has 0 N–H and O–H groups in total. The molecule has 1 aliphatic heterocycles. The number of carbonyl (C=O) groups is 1. The molecule has 0 aromatic heterocycles. The zero-order chi connectivity index (χ0) is 13.4. The Kier molecular flexibility index (Phi) is 3.67. The van der Waals surface area contributed by atoms with Crippen LogP contribution in [0.5, 0.6) is 0 Å². The molecule has 1 saturated heterocycles. The highest BCUT2D eigenvalue weighted by Crippen LogP contribution is 2.33. The van der Waals surface area contributed by atoms with Crippen molar-refractivity contribution >= 4 is 19.7 Å². The zero-order valence-corrected chi connectivity index (χ0v) is 13.3. The standard InChI is InChI=1S/C14H26N2OSi/c1-14(2)10-12(9-13(17)11-14)15-16-7-5-6-8-18(16,3)4/h5-11H2,1-4H3. The molecule has 0 unspecified atom stereocenters. The number of Topliss-reactive ketones (excluding diaryl/α,β-unsaturated/α-hetero) is 1. The summed E-state index contributed by atoms with van der Waals surface area (Å²) >= 11 is 0. The van der Waals surface area contributed by atoms with Crippen molar-refractivity contribution in [2.24, 2.45) is 10.5 Å². The summed E-state index contributed by atoms with van der Waals surface area (Å²) in [6, 6.07) is 1.33. The van der Waals surface area contributed by atoms with E-state index < -0.39 is 8.24 Å². The normalized spacial score (nSPS) is 29.7. The Labute approximate surface area is 112 Å². The molecular formula is C14H26N2OSi. The van der Waals surface area contributed by atoms with Crippen LogP contribution < -0.4 is 0 Å². The first-order valence-electron chi connectivity index (χ1n) is 7.14. The van der Waals surface area contributed by atoms with Crippen molar-refractivity contribution in [1.29, 1.82) is 0 Å². The molecule has 0 atom stereocenters. The lowest BCUT2D eigenvalue weighted by molar-refractivity contribution is -0.120. The smallest absolute Gasteiger partial charge is 0.172 e. The monoisotopic (exact) mass is 266 g/mol. The third-order valence-electron chi connectivity index (χ3n) is 4.13. The van der Waals surface area contributed by atoms with Gasteiger partial charge in [-0.05, 0) is 24.3 Å². The third-order valence-corrected chi connectivity index (χ3v) is 7.43. The largest absolute Gasteiger partial charge is 0.324 e. The van der Waals surface area contributed by atoms with Gasteiger partial charge in [-0.3, -0.25) is 4.79 Å². The Bertz CT molecular complexity index is 374. The predicted octanol–water partition coefficient (Wildman–Crippen LogP) is 3.42. The molecule has 18 heavy (non-hydrogen) atoms. The molecule has 0 amide bonds. The van der Waals surface area contributed by atoms with Crippen LogP contribution >= 0.6 is 0 Å². The van der Waals surface area contributed by atoms with E-state index in [4.69, 9.17) is 5.10 Å². The van der Waals surface area contributed by atoms with Gasteiger partial charge in [0.25, 0.3) is 0 Å². The SMILES string of the molecule is CC1(C)CC(=O)CC(=NN2CCCC[Si]2(C)C)C1. The molecule has 4 heteroatoms. The average Bonchev–Trinajstić information content (AvgIpc) is 2.18. The van der Waals surface area contributed by atoms with Crippen LogP contribution in [0.1, 0.15) is 46.0 Å². The van der Waals surface area contributed by atoms with Gasteiger partial charge in [0.2, 0.25) is 0 Å². The van der Waals surface area contributed by atoms with Gasteiger partial charge in [-0.1, -0.05) is 33.4 Å². The number of hydrogen-bond acceptors (Lipinski definition) is 3. The van der Waals surface area contributed by atoms with Gasteiger partial charge in [-0.2, -0.15) is 5.10 Å². The minimum absolute atomic E-state index is 0.107. The van der Waals surface area contributed by atoms with Crippen molar-refractivity contribution in [2.45, 2.75) is 65.1 Å². The molecule has 0 bridgehead atoms. The summed E-state index contributed by atoms with van der Waals surface area (Å²) in [6.45, 7) is 10.2. The molecule has 2 rings (SSSR count). The van der Waals surface area contributed by atoms with Crippen LogP contribution in [0.4, 0.5) is 0 Å². The Morgan fingerprint density at radius 3 is 2.56 bits per heavy atom. The van der Waals surface area contributed by atoms with Gasteiger partial charge in [0, 0.05) is 25.1 Å². The lowest BCUT2D eigenvalue weighted by atomic mass is 9.76. The number of rotatable bonds is 1. The highest BCUT2D eigenvalue weighted by atomic mass is 28.3. The first-order valence-corrected chi connectivity index (χ1v) is 10.3. The Morgan fingerprint density at radius 2 is 1.94 bits per heavy atom. The van der Waals surface area contributed by atoms with Crippen molar-refractivity contribution in [3.8, 4) is 0 Å². The lowest BCUT2D eigenvalue weighted by Gasteiger charge is -2.40. The fourth-order valence-corrected chi connectivity index (χ4v) is 5.73. The van der Waals surface area contributed by atoms with Gasteiger partial charge in [0.1, 0.15) is 5.78 Å². The maximum Gasteiger partial charge on any atom is 0.172 e. The van der Waals surface area contributed by atoms with Crippen molar-refractivity contribution in [3.63, 3.8) is 0 Å². The number of carbonyl (C=O) groups excluding carboxylic acids is 1. The summed E-state index contributed by atoms with van der Waals surface area (Å²) in [7, 11) is -1.34. The van der Waals surface area contributed by atoms with Gasteiger partial charge < -0.3 is 4.67 Å². The first-order chi connectivity index (χ1) is 8.28. The molecule has 0 spiro atoms. The number of nitrogens with zero attached hydrogens (tertiary/aromatic N) is 2. The van der Waals surface area contributed by atoms with E-state index in [0.717, 1.165) is 18.7 Å². The molecule has 102 valence electrons. The predicted molar refractivity (Wildman–Crippen MR) is 78.3 cm³/mol. The van der Waals surface area contributed by atoms with Crippen LogP contribution in [0.2, 0.25) is 19.1 Å². The molecule has 2 aliphatic rings. The summed E-state index contributed by atoms with van der Waals surface area (Å²) in [5, 5.41) is 4.88. The van der Waals surface area contributed by atoms with Crippen molar-refractivity contribution in [1.82, 2.24) is 4.67 Å². The van der Waals surface area contributed by atoms with E-state index in [0.29, 0.717) is 18.6 Å². The number of hydrazone groups is 1. The molecule has 0 radical (unpaired) electrons. The molecule has 2 fully saturated rings. The maximum atomic E-state index is 11.8. The maximum absolute atomic E-state index is 11.8. The molecule has 1 heterocycles. The number of hydrogen-bond donors (Lipinski definition) is 0. The van der Waals surface area contributed by atoms with E-state index in [9.17, 15) is 4.79 Å². The van der Waals surface area contributed by atoms with Gasteiger partial charge in [-0.25, -0.2) is 0 Å². The average molecular weight is 266 g/mol. The quantitative estimate of drug-likeness (QED) is 0.681. The third kappa shape index (κ3) is 3.22. The van der Waals surface area contributed by atoms with Gasteiger partial charge in [0.05, 0.1) is 0 Å². The molecule has 3 nitrogen and oxygen atoms in total. The molecule has 1 aliphatic carbocycles. The van der Waals surface area contributed by atoms with Gasteiger partial charge in [-0.15, -0.1) is 0 Å². The fourth-order valence-electron chi connectivity index (χ4n) is 3.18. The van der Waals surface area contributed by atoms with E-state index in [-0.39, 0.29) is 5.41 Å². The molecular weight excluding hydrogens is 240 g/mol. The lowest BCUT2D eigenvalue weighted by Crippen LogP contribution is -2.49.